The summed E-state index contributed by atoms with van der Waals surface area (Å²) in [6.45, 7) is 1.40. The van der Waals surface area contributed by atoms with Crippen molar-refractivity contribution >= 4 is 44.9 Å². The molecule has 6 rings (SSSR count). The Labute approximate surface area is 223 Å². The molecule has 0 aliphatic rings. The molecule has 0 radical (unpaired) electrons. The molecule has 0 saturated heterocycles. The normalized spacial score (nSPS) is 11.4. The number of nitrogens with zero attached hydrogens (tertiary/aromatic N) is 7. The van der Waals surface area contributed by atoms with Crippen LogP contribution in [0.5, 0.6) is 0 Å². The molecule has 39 heavy (non-hydrogen) atoms. The molecular weight excluding hydrogens is 492 g/mol. The van der Waals surface area contributed by atoms with Crippen molar-refractivity contribution in [2.75, 3.05) is 31.3 Å². The van der Waals surface area contributed by atoms with Crippen LogP contribution in [0, 0.1) is 0 Å². The summed E-state index contributed by atoms with van der Waals surface area (Å²) in [6, 6.07) is 17.4. The average molecular weight is 519 g/mol. The van der Waals surface area contributed by atoms with Gasteiger partial charge >= 0.3 is 0 Å². The molecule has 1 amide bonds. The Hall–Kier alpha value is -5.16. The van der Waals surface area contributed by atoms with Gasteiger partial charge in [0.05, 0.1) is 29.8 Å². The number of fused-ring (bicyclic) bond motifs is 2. The molecular formula is C28H26N10O. The van der Waals surface area contributed by atoms with Crippen molar-refractivity contribution in [3.63, 3.8) is 0 Å². The van der Waals surface area contributed by atoms with Gasteiger partial charge in [-0.05, 0) is 56.6 Å². The Morgan fingerprint density at radius 1 is 0.949 bits per heavy atom. The highest BCUT2D eigenvalue weighted by atomic mass is 16.2. The van der Waals surface area contributed by atoms with Crippen LogP contribution in [-0.2, 0) is 6.54 Å². The molecule has 0 unspecified atom stereocenters. The number of likely N-dealkylation sites (N-methyl/N-ethyl adjacent to an activating group) is 1. The van der Waals surface area contributed by atoms with E-state index in [1.54, 1.807) is 24.7 Å². The van der Waals surface area contributed by atoms with Crippen molar-refractivity contribution in [2.45, 2.75) is 6.54 Å². The van der Waals surface area contributed by atoms with Gasteiger partial charge in [0, 0.05) is 46.8 Å². The Bertz CT molecular complexity index is 1770. The molecule has 3 N–H and O–H groups in total. The zero-order valence-corrected chi connectivity index (χ0v) is 21.5. The highest BCUT2D eigenvalue weighted by Crippen LogP contribution is 2.27. The first-order chi connectivity index (χ1) is 19.0. The third-order valence-corrected chi connectivity index (χ3v) is 6.38. The average Bonchev–Trinajstić information content (AvgIpc) is 3.56. The first kappa shape index (κ1) is 24.2. The zero-order valence-electron chi connectivity index (χ0n) is 21.5. The van der Waals surface area contributed by atoms with E-state index in [-0.39, 0.29) is 5.91 Å². The number of hydrogen-bond acceptors (Lipinski definition) is 8. The number of hydrogen-bond donors (Lipinski definition) is 3. The molecule has 0 aliphatic heterocycles. The van der Waals surface area contributed by atoms with E-state index in [0.29, 0.717) is 29.6 Å². The minimum atomic E-state index is -0.212. The highest BCUT2D eigenvalue weighted by Gasteiger charge is 2.17. The molecule has 0 atom stereocenters. The maximum absolute atomic E-state index is 13.3. The Balaban J connectivity index is 1.33. The van der Waals surface area contributed by atoms with Gasteiger partial charge in [-0.25, -0.2) is 9.97 Å². The first-order valence-corrected chi connectivity index (χ1v) is 12.4. The molecule has 0 spiro atoms. The standard InChI is InChI=1S/C28H26N10O/c1-37(2)11-12-38-24-15-19(4-3-18(24)14-25(38)28(39)34-22-7-10-30-31-17-22)27-29-9-8-26(35-27)33-21-5-6-23-20(13-21)16-32-36-23/h3-10,13-17H,11-12H2,1-2H3,(H,32,36)(H,29,33,35)(H,30,34,39). The van der Waals surface area contributed by atoms with Crippen LogP contribution in [0.25, 0.3) is 33.2 Å². The van der Waals surface area contributed by atoms with Gasteiger partial charge in [-0.15, -0.1) is 0 Å². The second kappa shape index (κ2) is 10.3. The van der Waals surface area contributed by atoms with Crippen molar-refractivity contribution < 1.29 is 4.79 Å². The second-order valence-electron chi connectivity index (χ2n) is 9.41. The molecule has 0 bridgehead atoms. The second-order valence-corrected chi connectivity index (χ2v) is 9.41. The molecule has 194 valence electrons. The number of carbonyl (C=O) groups excluding carboxylic acids is 1. The SMILES string of the molecule is CN(C)CCn1c(C(=O)Nc2ccnnc2)cc2ccc(-c3nccc(Nc4ccc5[nH]ncc5c4)n3)cc21. The molecule has 6 aromatic rings. The van der Waals surface area contributed by atoms with Gasteiger partial charge in [0.1, 0.15) is 11.5 Å². The molecule has 0 aliphatic carbocycles. The van der Waals surface area contributed by atoms with E-state index in [1.165, 1.54) is 6.20 Å². The molecule has 11 heteroatoms. The molecule has 0 fully saturated rings. The number of aromatic amines is 1. The monoisotopic (exact) mass is 518 g/mol. The summed E-state index contributed by atoms with van der Waals surface area (Å²) in [5.41, 5.74) is 4.81. The summed E-state index contributed by atoms with van der Waals surface area (Å²) in [4.78, 5) is 24.6. The van der Waals surface area contributed by atoms with Gasteiger partial charge in [-0.1, -0.05) is 12.1 Å². The Morgan fingerprint density at radius 3 is 2.72 bits per heavy atom. The topological polar surface area (TPSA) is 130 Å². The number of carbonyl (C=O) groups is 1. The smallest absolute Gasteiger partial charge is 0.272 e. The summed E-state index contributed by atoms with van der Waals surface area (Å²) < 4.78 is 2.03. The van der Waals surface area contributed by atoms with Gasteiger partial charge < -0.3 is 20.1 Å². The van der Waals surface area contributed by atoms with E-state index in [9.17, 15) is 4.79 Å². The van der Waals surface area contributed by atoms with Gasteiger partial charge in [0.2, 0.25) is 0 Å². The van der Waals surface area contributed by atoms with Gasteiger partial charge in [-0.3, -0.25) is 9.89 Å². The maximum Gasteiger partial charge on any atom is 0.272 e. The predicted molar refractivity (Wildman–Crippen MR) is 151 cm³/mol. The van der Waals surface area contributed by atoms with Crippen molar-refractivity contribution in [1.29, 1.82) is 0 Å². The minimum Gasteiger partial charge on any atom is -0.340 e. The van der Waals surface area contributed by atoms with E-state index >= 15 is 0 Å². The van der Waals surface area contributed by atoms with Crippen LogP contribution in [0.1, 0.15) is 10.5 Å². The van der Waals surface area contributed by atoms with Gasteiger partial charge in [0.15, 0.2) is 5.82 Å². The largest absolute Gasteiger partial charge is 0.340 e. The van der Waals surface area contributed by atoms with E-state index in [0.717, 1.165) is 39.6 Å². The maximum atomic E-state index is 13.3. The Morgan fingerprint density at radius 2 is 1.87 bits per heavy atom. The number of rotatable bonds is 8. The van der Waals surface area contributed by atoms with Crippen LogP contribution >= 0.6 is 0 Å². The van der Waals surface area contributed by atoms with Gasteiger partial charge in [0.25, 0.3) is 5.91 Å². The molecule has 4 heterocycles. The van der Waals surface area contributed by atoms with Crippen LogP contribution in [0.15, 0.2) is 79.4 Å². The highest BCUT2D eigenvalue weighted by molar-refractivity contribution is 6.06. The van der Waals surface area contributed by atoms with Gasteiger partial charge in [-0.2, -0.15) is 15.3 Å². The third-order valence-electron chi connectivity index (χ3n) is 6.38. The number of anilines is 3. The number of nitrogens with one attached hydrogen (secondary N) is 3. The van der Waals surface area contributed by atoms with E-state index in [4.69, 9.17) is 4.98 Å². The lowest BCUT2D eigenvalue weighted by Gasteiger charge is -2.15. The van der Waals surface area contributed by atoms with Crippen molar-refractivity contribution in [2.24, 2.45) is 0 Å². The number of amides is 1. The van der Waals surface area contributed by atoms with Crippen molar-refractivity contribution in [3.8, 4) is 11.4 Å². The van der Waals surface area contributed by atoms with E-state index in [1.807, 2.05) is 67.2 Å². The Kier molecular flexibility index (Phi) is 6.39. The van der Waals surface area contributed by atoms with Crippen molar-refractivity contribution in [1.82, 2.24) is 39.8 Å². The summed E-state index contributed by atoms with van der Waals surface area (Å²) in [5.74, 6) is 1.05. The number of benzene rings is 2. The summed E-state index contributed by atoms with van der Waals surface area (Å²) >= 11 is 0. The van der Waals surface area contributed by atoms with Crippen LogP contribution in [0.4, 0.5) is 17.2 Å². The summed E-state index contributed by atoms with van der Waals surface area (Å²) in [6.07, 6.45) is 6.59. The number of H-pyrrole nitrogens is 1. The van der Waals surface area contributed by atoms with Crippen LogP contribution in [-0.4, -0.2) is 66.4 Å². The summed E-state index contributed by atoms with van der Waals surface area (Å²) in [7, 11) is 4.02. The fourth-order valence-corrected chi connectivity index (χ4v) is 4.42. The molecule has 2 aromatic carbocycles. The van der Waals surface area contributed by atoms with Crippen LogP contribution in [0.2, 0.25) is 0 Å². The fraction of sp³-hybridized carbons (Fsp3) is 0.143. The predicted octanol–water partition coefficient (Wildman–Crippen LogP) is 4.32. The molecule has 0 saturated carbocycles. The lowest BCUT2D eigenvalue weighted by atomic mass is 10.1. The quantitative estimate of drug-likeness (QED) is 0.272. The van der Waals surface area contributed by atoms with E-state index < -0.39 is 0 Å². The number of aromatic nitrogens is 7. The molecule has 11 nitrogen and oxygen atoms in total. The lowest BCUT2D eigenvalue weighted by Crippen LogP contribution is -2.22. The van der Waals surface area contributed by atoms with Crippen molar-refractivity contribution in [3.05, 3.63) is 85.1 Å². The zero-order chi connectivity index (χ0) is 26.8. The lowest BCUT2D eigenvalue weighted by molar-refractivity contribution is 0.101. The molecule has 4 aromatic heterocycles. The summed E-state index contributed by atoms with van der Waals surface area (Å²) in [5, 5.41) is 22.9. The van der Waals surface area contributed by atoms with E-state index in [2.05, 4.69) is 40.9 Å². The third kappa shape index (κ3) is 5.15. The van der Waals surface area contributed by atoms with Crippen LogP contribution in [0.3, 0.4) is 0 Å². The minimum absolute atomic E-state index is 0.212. The first-order valence-electron chi connectivity index (χ1n) is 12.4. The van der Waals surface area contributed by atoms with Crippen LogP contribution < -0.4 is 10.6 Å². The fourth-order valence-electron chi connectivity index (χ4n) is 4.42.